The summed E-state index contributed by atoms with van der Waals surface area (Å²) in [5.74, 6) is 0.654. The van der Waals surface area contributed by atoms with Crippen LogP contribution in [0.2, 0.25) is 0 Å². The van der Waals surface area contributed by atoms with Gasteiger partial charge in [0.2, 0.25) is 5.95 Å². The van der Waals surface area contributed by atoms with E-state index in [1.54, 1.807) is 0 Å². The molecule has 2 aromatic carbocycles. The standard InChI is InChI=1S/C8H8N4.C7H6N2.2C2H6/c1-2-4-7(5-3-1)11-8-9-6-10-12-8;8-6-9-7-4-2-1-3-5-7;2*1-2/h1-6H,(H2,9,10,11,12);1-5,9H;2*1-2H3. The van der Waals surface area contributed by atoms with Crippen LogP contribution in [-0.4, -0.2) is 15.2 Å². The maximum absolute atomic E-state index is 8.16. The topological polar surface area (TPSA) is 89.4 Å². The number of H-pyrrole nitrogens is 1. The number of aromatic amines is 1. The molecule has 6 heteroatoms. The number of anilines is 3. The third-order valence-electron chi connectivity index (χ3n) is 2.43. The van der Waals surface area contributed by atoms with Crippen molar-refractivity contribution in [3.05, 3.63) is 67.0 Å². The highest BCUT2D eigenvalue weighted by Crippen LogP contribution is 2.09. The molecule has 0 fully saturated rings. The van der Waals surface area contributed by atoms with Gasteiger partial charge in [0, 0.05) is 11.4 Å². The summed E-state index contributed by atoms with van der Waals surface area (Å²) < 4.78 is 0. The largest absolute Gasteiger partial charge is 0.325 e. The number of nitriles is 1. The smallest absolute Gasteiger partial charge is 0.222 e. The third-order valence-corrected chi connectivity index (χ3v) is 2.43. The summed E-state index contributed by atoms with van der Waals surface area (Å²) in [6.45, 7) is 8.00. The van der Waals surface area contributed by atoms with Crippen molar-refractivity contribution in [2.24, 2.45) is 0 Å². The second-order valence-corrected chi connectivity index (χ2v) is 3.93. The number of rotatable bonds is 3. The zero-order chi connectivity index (χ0) is 18.8. The average Bonchev–Trinajstić information content (AvgIpc) is 3.21. The molecule has 25 heavy (non-hydrogen) atoms. The van der Waals surface area contributed by atoms with E-state index in [1.807, 2.05) is 94.6 Å². The van der Waals surface area contributed by atoms with Gasteiger partial charge in [0.15, 0.2) is 6.19 Å². The Morgan fingerprint density at radius 1 is 0.840 bits per heavy atom. The van der Waals surface area contributed by atoms with Crippen LogP contribution >= 0.6 is 0 Å². The van der Waals surface area contributed by atoms with E-state index in [1.165, 1.54) is 6.33 Å². The number of benzene rings is 2. The molecule has 132 valence electrons. The minimum atomic E-state index is 0.654. The summed E-state index contributed by atoms with van der Waals surface area (Å²) >= 11 is 0. The number of para-hydroxylation sites is 2. The lowest BCUT2D eigenvalue weighted by atomic mass is 10.3. The highest BCUT2D eigenvalue weighted by atomic mass is 15.3. The Morgan fingerprint density at radius 2 is 1.36 bits per heavy atom. The van der Waals surface area contributed by atoms with Crippen LogP contribution in [0.3, 0.4) is 0 Å². The Hall–Kier alpha value is -3.33. The van der Waals surface area contributed by atoms with Crippen molar-refractivity contribution >= 4 is 17.3 Å². The van der Waals surface area contributed by atoms with Crippen LogP contribution in [0.15, 0.2) is 67.0 Å². The van der Waals surface area contributed by atoms with Gasteiger partial charge in [-0.05, 0) is 24.3 Å². The van der Waals surface area contributed by atoms with Gasteiger partial charge in [0.1, 0.15) is 6.33 Å². The minimum absolute atomic E-state index is 0.654. The van der Waals surface area contributed by atoms with Crippen molar-refractivity contribution < 1.29 is 0 Å². The summed E-state index contributed by atoms with van der Waals surface area (Å²) in [6.07, 6.45) is 3.30. The van der Waals surface area contributed by atoms with E-state index in [0.717, 1.165) is 11.4 Å². The zero-order valence-electron chi connectivity index (χ0n) is 15.2. The fraction of sp³-hybridized carbons (Fsp3) is 0.211. The van der Waals surface area contributed by atoms with Crippen LogP contribution in [0, 0.1) is 11.5 Å². The first-order valence-corrected chi connectivity index (χ1v) is 8.26. The normalized spacial score (nSPS) is 7.96. The SMILES string of the molecule is CC.CC.N#CNc1ccccc1.c1ccc(Nc2ncn[nH]2)cc1. The van der Waals surface area contributed by atoms with Gasteiger partial charge in [-0.15, -0.1) is 0 Å². The maximum atomic E-state index is 8.16. The van der Waals surface area contributed by atoms with Crippen molar-refractivity contribution in [2.45, 2.75) is 27.7 Å². The number of hydrogen-bond acceptors (Lipinski definition) is 5. The Balaban J connectivity index is 0.000000396. The molecule has 0 saturated heterocycles. The van der Waals surface area contributed by atoms with Crippen molar-refractivity contribution in [2.75, 3.05) is 10.6 Å². The van der Waals surface area contributed by atoms with Gasteiger partial charge in [0.25, 0.3) is 0 Å². The molecule has 0 aliphatic carbocycles. The van der Waals surface area contributed by atoms with E-state index in [-0.39, 0.29) is 0 Å². The third kappa shape index (κ3) is 10.1. The van der Waals surface area contributed by atoms with Crippen molar-refractivity contribution in [3.8, 4) is 6.19 Å². The first-order valence-electron chi connectivity index (χ1n) is 8.26. The van der Waals surface area contributed by atoms with Crippen LogP contribution in [0.1, 0.15) is 27.7 Å². The molecule has 0 radical (unpaired) electrons. The molecule has 0 atom stereocenters. The number of hydrogen-bond donors (Lipinski definition) is 3. The highest BCUT2D eigenvalue weighted by molar-refractivity contribution is 5.51. The van der Waals surface area contributed by atoms with Gasteiger partial charge in [-0.3, -0.25) is 5.32 Å². The van der Waals surface area contributed by atoms with E-state index < -0.39 is 0 Å². The Bertz CT molecular complexity index is 660. The first kappa shape index (κ1) is 21.7. The molecule has 0 aliphatic rings. The van der Waals surface area contributed by atoms with E-state index in [2.05, 4.69) is 25.8 Å². The molecule has 0 amide bonds. The lowest BCUT2D eigenvalue weighted by molar-refractivity contribution is 1.09. The lowest BCUT2D eigenvalue weighted by Crippen LogP contribution is -1.91. The van der Waals surface area contributed by atoms with Crippen molar-refractivity contribution in [1.29, 1.82) is 5.26 Å². The highest BCUT2D eigenvalue weighted by Gasteiger charge is 1.93. The van der Waals surface area contributed by atoms with Gasteiger partial charge in [-0.1, -0.05) is 64.1 Å². The molecule has 3 N–H and O–H groups in total. The van der Waals surface area contributed by atoms with Crippen LogP contribution in [-0.2, 0) is 0 Å². The first-order chi connectivity index (χ1) is 12.4. The summed E-state index contributed by atoms with van der Waals surface area (Å²) in [4.78, 5) is 3.93. The van der Waals surface area contributed by atoms with Gasteiger partial charge in [-0.25, -0.2) is 5.10 Å². The predicted octanol–water partition coefficient (Wildman–Crippen LogP) is 5.18. The van der Waals surface area contributed by atoms with Gasteiger partial charge in [0.05, 0.1) is 0 Å². The molecule has 0 aliphatic heterocycles. The van der Waals surface area contributed by atoms with E-state index in [4.69, 9.17) is 5.26 Å². The molecule has 0 bridgehead atoms. The van der Waals surface area contributed by atoms with Crippen LogP contribution in [0.25, 0.3) is 0 Å². The lowest BCUT2D eigenvalue weighted by Gasteiger charge is -1.99. The van der Waals surface area contributed by atoms with Gasteiger partial charge < -0.3 is 5.32 Å². The van der Waals surface area contributed by atoms with Crippen LogP contribution in [0.5, 0.6) is 0 Å². The van der Waals surface area contributed by atoms with Crippen molar-refractivity contribution in [1.82, 2.24) is 15.2 Å². The average molecular weight is 338 g/mol. The molecule has 1 aromatic heterocycles. The van der Waals surface area contributed by atoms with Crippen molar-refractivity contribution in [3.63, 3.8) is 0 Å². The molecular formula is C19H26N6. The summed E-state index contributed by atoms with van der Waals surface area (Å²) in [5, 5.41) is 20.2. The predicted molar refractivity (Wildman–Crippen MR) is 104 cm³/mol. The van der Waals surface area contributed by atoms with Crippen LogP contribution < -0.4 is 10.6 Å². The summed E-state index contributed by atoms with van der Waals surface area (Å²) in [7, 11) is 0. The summed E-state index contributed by atoms with van der Waals surface area (Å²) in [5.41, 5.74) is 1.83. The van der Waals surface area contributed by atoms with Gasteiger partial charge >= 0.3 is 0 Å². The quantitative estimate of drug-likeness (QED) is 0.452. The molecule has 3 aromatic rings. The second-order valence-electron chi connectivity index (χ2n) is 3.93. The molecule has 1 heterocycles. The fourth-order valence-corrected chi connectivity index (χ4v) is 1.51. The number of nitrogens with one attached hydrogen (secondary N) is 3. The minimum Gasteiger partial charge on any atom is -0.325 e. The maximum Gasteiger partial charge on any atom is 0.222 e. The number of nitrogens with zero attached hydrogens (tertiary/aromatic N) is 3. The zero-order valence-corrected chi connectivity index (χ0v) is 15.2. The van der Waals surface area contributed by atoms with Crippen LogP contribution in [0.4, 0.5) is 17.3 Å². The van der Waals surface area contributed by atoms with E-state index in [0.29, 0.717) is 5.95 Å². The second kappa shape index (κ2) is 15.6. The van der Waals surface area contributed by atoms with E-state index in [9.17, 15) is 0 Å². The fourth-order valence-electron chi connectivity index (χ4n) is 1.51. The van der Waals surface area contributed by atoms with Gasteiger partial charge in [-0.2, -0.15) is 15.3 Å². The molecule has 6 nitrogen and oxygen atoms in total. The molecule has 0 saturated carbocycles. The molecule has 0 unspecified atom stereocenters. The summed E-state index contributed by atoms with van der Waals surface area (Å²) in [6, 6.07) is 19.1. The Morgan fingerprint density at radius 3 is 1.80 bits per heavy atom. The molecular weight excluding hydrogens is 312 g/mol. The van der Waals surface area contributed by atoms with E-state index >= 15 is 0 Å². The Kier molecular flexibility index (Phi) is 13.5. The molecule has 3 rings (SSSR count). The Labute approximate surface area is 149 Å². The molecule has 0 spiro atoms. The number of aromatic nitrogens is 3. The monoisotopic (exact) mass is 338 g/mol.